The molecule has 2 aromatic heterocycles. The monoisotopic (exact) mass is 390 g/mol. The van der Waals surface area contributed by atoms with Crippen LogP contribution in [0.2, 0.25) is 0 Å². The van der Waals surface area contributed by atoms with Gasteiger partial charge in [0.05, 0.1) is 11.4 Å². The van der Waals surface area contributed by atoms with Crippen molar-refractivity contribution in [3.8, 4) is 11.1 Å². The van der Waals surface area contributed by atoms with Crippen LogP contribution in [0.1, 0.15) is 48.6 Å². The van der Waals surface area contributed by atoms with Gasteiger partial charge in [-0.15, -0.1) is 0 Å². The molecule has 0 bridgehead atoms. The lowest BCUT2D eigenvalue weighted by atomic mass is 9.65. The zero-order chi connectivity index (χ0) is 18.9. The van der Waals surface area contributed by atoms with Crippen LogP contribution >= 0.6 is 11.5 Å². The van der Waals surface area contributed by atoms with Gasteiger partial charge in [-0.2, -0.15) is 4.37 Å². The molecule has 0 saturated heterocycles. The minimum Gasteiger partial charge on any atom is -0.256 e. The van der Waals surface area contributed by atoms with Gasteiger partial charge in [-0.25, -0.2) is 4.39 Å². The zero-order valence-electron chi connectivity index (χ0n) is 15.7. The molecule has 1 unspecified atom stereocenters. The maximum absolute atomic E-state index is 13.5. The smallest absolute Gasteiger partial charge is 0.123 e. The van der Waals surface area contributed by atoms with E-state index in [0.717, 1.165) is 22.7 Å². The van der Waals surface area contributed by atoms with E-state index in [9.17, 15) is 4.39 Å². The van der Waals surface area contributed by atoms with Crippen molar-refractivity contribution >= 4 is 17.6 Å². The molecule has 2 nitrogen and oxygen atoms in total. The van der Waals surface area contributed by atoms with E-state index < -0.39 is 0 Å². The van der Waals surface area contributed by atoms with E-state index in [1.807, 2.05) is 24.4 Å². The number of fused-ring (bicyclic) bond motifs is 2. The van der Waals surface area contributed by atoms with Crippen LogP contribution in [0.3, 0.4) is 0 Å². The number of benzene rings is 1. The summed E-state index contributed by atoms with van der Waals surface area (Å²) in [6.07, 6.45) is 12.9. The summed E-state index contributed by atoms with van der Waals surface area (Å²) in [6, 6.07) is 10.7. The highest BCUT2D eigenvalue weighted by atomic mass is 32.1. The summed E-state index contributed by atoms with van der Waals surface area (Å²) in [4.78, 5) is 4.59. The lowest BCUT2D eigenvalue weighted by Gasteiger charge is -2.39. The molecule has 1 saturated carbocycles. The van der Waals surface area contributed by atoms with E-state index in [1.54, 1.807) is 23.7 Å². The van der Waals surface area contributed by atoms with Gasteiger partial charge in [-0.1, -0.05) is 37.1 Å². The number of hydrogen-bond donors (Lipinski definition) is 0. The Morgan fingerprint density at radius 1 is 1.07 bits per heavy atom. The summed E-state index contributed by atoms with van der Waals surface area (Å²) in [5.74, 6) is 1.70. The quantitative estimate of drug-likeness (QED) is 0.510. The van der Waals surface area contributed by atoms with Crippen LogP contribution in [0.25, 0.3) is 17.2 Å². The molecule has 1 fully saturated rings. The van der Waals surface area contributed by atoms with E-state index >= 15 is 0 Å². The molecule has 2 aliphatic carbocycles. The number of halogens is 1. The zero-order valence-corrected chi connectivity index (χ0v) is 16.5. The normalized spacial score (nSPS) is 24.1. The fourth-order valence-electron chi connectivity index (χ4n) is 4.92. The van der Waals surface area contributed by atoms with E-state index in [2.05, 4.69) is 22.5 Å². The Kier molecular flexibility index (Phi) is 4.81. The number of aromatic nitrogens is 2. The van der Waals surface area contributed by atoms with Crippen molar-refractivity contribution in [2.24, 2.45) is 11.8 Å². The first-order valence-electron chi connectivity index (χ1n) is 10.1. The predicted molar refractivity (Wildman–Crippen MR) is 113 cm³/mol. The second kappa shape index (κ2) is 7.59. The molecule has 0 spiro atoms. The average Bonchev–Trinajstić information content (AvgIpc) is 3.20. The van der Waals surface area contributed by atoms with Gasteiger partial charge in [0.15, 0.2) is 0 Å². The molecular formula is C24H23FN2S. The first kappa shape index (κ1) is 17.7. The van der Waals surface area contributed by atoms with Gasteiger partial charge in [0, 0.05) is 23.1 Å². The number of pyridine rings is 1. The Balaban J connectivity index is 1.39. The van der Waals surface area contributed by atoms with Gasteiger partial charge in [-0.3, -0.25) is 4.98 Å². The Hall–Kier alpha value is -2.33. The molecule has 3 aromatic rings. The van der Waals surface area contributed by atoms with Crippen LogP contribution in [0.4, 0.5) is 4.39 Å². The highest BCUT2D eigenvalue weighted by Gasteiger charge is 2.38. The third kappa shape index (κ3) is 3.42. The van der Waals surface area contributed by atoms with Gasteiger partial charge in [-0.05, 0) is 78.0 Å². The average molecular weight is 391 g/mol. The maximum Gasteiger partial charge on any atom is 0.123 e. The van der Waals surface area contributed by atoms with Crippen LogP contribution in [0.15, 0.2) is 54.1 Å². The van der Waals surface area contributed by atoms with Gasteiger partial charge in [0.25, 0.3) is 0 Å². The number of nitrogens with zero attached hydrogens (tertiary/aromatic N) is 2. The Labute approximate surface area is 169 Å². The van der Waals surface area contributed by atoms with Crippen molar-refractivity contribution in [3.05, 3.63) is 76.8 Å². The Morgan fingerprint density at radius 3 is 2.86 bits per heavy atom. The van der Waals surface area contributed by atoms with E-state index in [0.29, 0.717) is 11.8 Å². The Bertz CT molecular complexity index is 992. The summed E-state index contributed by atoms with van der Waals surface area (Å²) < 4.78 is 18.2. The largest absolute Gasteiger partial charge is 0.256 e. The molecule has 0 amide bonds. The van der Waals surface area contributed by atoms with Crippen molar-refractivity contribution in [2.75, 3.05) is 0 Å². The van der Waals surface area contributed by atoms with Crippen molar-refractivity contribution in [1.82, 2.24) is 9.36 Å². The lowest BCUT2D eigenvalue weighted by Crippen LogP contribution is -2.31. The van der Waals surface area contributed by atoms with Crippen LogP contribution in [-0.4, -0.2) is 9.36 Å². The molecule has 2 aliphatic rings. The predicted octanol–water partition coefficient (Wildman–Crippen LogP) is 6.50. The molecule has 1 aromatic carbocycles. The fourth-order valence-corrected chi connectivity index (χ4v) is 5.67. The molecule has 4 heteroatoms. The molecular weight excluding hydrogens is 367 g/mol. The van der Waals surface area contributed by atoms with Crippen molar-refractivity contribution in [1.29, 1.82) is 0 Å². The van der Waals surface area contributed by atoms with Crippen molar-refractivity contribution < 1.29 is 4.39 Å². The molecule has 2 heterocycles. The Morgan fingerprint density at radius 2 is 2.00 bits per heavy atom. The van der Waals surface area contributed by atoms with Crippen LogP contribution in [-0.2, 0) is 6.42 Å². The highest BCUT2D eigenvalue weighted by molar-refractivity contribution is 7.03. The molecule has 142 valence electrons. The van der Waals surface area contributed by atoms with Crippen molar-refractivity contribution in [2.45, 2.75) is 38.0 Å². The standard InChI is InChI=1S/C24H23FN2S/c25-20-6-3-5-16(13-20)18-8-9-21(26-14-18)10-11-23-22-7-2-1-4-17(22)12-19-15-28-27-24(19)23/h3,5-6,8-11,13-15,17,22-23H,1-2,4,7,12H2/b11-10+/t17-,22?,23-/m0/s1. The van der Waals surface area contributed by atoms with Crippen molar-refractivity contribution in [3.63, 3.8) is 0 Å². The molecule has 28 heavy (non-hydrogen) atoms. The number of hydrogen-bond acceptors (Lipinski definition) is 3. The highest BCUT2D eigenvalue weighted by Crippen LogP contribution is 2.47. The second-order valence-corrected chi connectivity index (χ2v) is 8.63. The molecule has 0 aliphatic heterocycles. The van der Waals surface area contributed by atoms with Gasteiger partial charge < -0.3 is 0 Å². The fraction of sp³-hybridized carbons (Fsp3) is 0.333. The third-order valence-corrected chi connectivity index (χ3v) is 7.01. The summed E-state index contributed by atoms with van der Waals surface area (Å²) >= 11 is 1.60. The molecule has 3 atom stereocenters. The van der Waals surface area contributed by atoms with Gasteiger partial charge >= 0.3 is 0 Å². The van der Waals surface area contributed by atoms with Crippen LogP contribution in [0, 0.1) is 17.7 Å². The minimum atomic E-state index is -0.222. The van der Waals surface area contributed by atoms with Crippen LogP contribution < -0.4 is 0 Å². The molecule has 0 radical (unpaired) electrons. The summed E-state index contributed by atoms with van der Waals surface area (Å²) in [7, 11) is 0. The summed E-state index contributed by atoms with van der Waals surface area (Å²) in [5, 5.41) is 2.24. The first-order valence-corrected chi connectivity index (χ1v) is 10.9. The first-order chi connectivity index (χ1) is 13.8. The van der Waals surface area contributed by atoms with E-state index in [4.69, 9.17) is 4.37 Å². The molecule has 5 rings (SSSR count). The van der Waals surface area contributed by atoms with E-state index in [1.165, 1.54) is 49.4 Å². The second-order valence-electron chi connectivity index (χ2n) is 8.00. The molecule has 0 N–H and O–H groups in total. The third-order valence-electron chi connectivity index (χ3n) is 6.32. The number of rotatable bonds is 3. The van der Waals surface area contributed by atoms with Gasteiger partial charge in [0.1, 0.15) is 5.82 Å². The van der Waals surface area contributed by atoms with E-state index in [-0.39, 0.29) is 5.82 Å². The lowest BCUT2D eigenvalue weighted by molar-refractivity contribution is 0.201. The minimum absolute atomic E-state index is 0.222. The van der Waals surface area contributed by atoms with Crippen LogP contribution in [0.5, 0.6) is 0 Å². The summed E-state index contributed by atoms with van der Waals surface area (Å²) in [6.45, 7) is 0. The number of allylic oxidation sites excluding steroid dienone is 1. The maximum atomic E-state index is 13.5. The summed E-state index contributed by atoms with van der Waals surface area (Å²) in [5.41, 5.74) is 5.48. The topological polar surface area (TPSA) is 25.8 Å². The SMILES string of the molecule is Fc1cccc(-c2ccc(/C=C/[C@@H]3c4nscc4C[C@@H]4CCCCC43)nc2)c1. The van der Waals surface area contributed by atoms with Gasteiger partial charge in [0.2, 0.25) is 0 Å².